The quantitative estimate of drug-likeness (QED) is 0.423. The fourth-order valence-corrected chi connectivity index (χ4v) is 4.85. The molecular formula is C23H20F6N2O2. The van der Waals surface area contributed by atoms with E-state index >= 15 is 0 Å². The highest BCUT2D eigenvalue weighted by atomic mass is 19.4. The molecule has 1 aliphatic rings. The fraction of sp³-hybridized carbons (Fsp3) is 0.348. The van der Waals surface area contributed by atoms with Gasteiger partial charge in [-0.15, -0.1) is 0 Å². The van der Waals surface area contributed by atoms with Crippen molar-refractivity contribution in [2.24, 2.45) is 0 Å². The Kier molecular flexibility index (Phi) is 5.08. The maximum Gasteiger partial charge on any atom is 0.419 e. The van der Waals surface area contributed by atoms with Gasteiger partial charge in [0.05, 0.1) is 17.1 Å². The van der Waals surface area contributed by atoms with Crippen molar-refractivity contribution in [3.8, 4) is 0 Å². The summed E-state index contributed by atoms with van der Waals surface area (Å²) in [5, 5.41) is 14.0. The van der Waals surface area contributed by atoms with Crippen molar-refractivity contribution in [1.29, 1.82) is 0 Å². The highest BCUT2D eigenvalue weighted by Gasteiger charge is 2.64. The molecule has 0 saturated carbocycles. The summed E-state index contributed by atoms with van der Waals surface area (Å²) >= 11 is 0. The number of rotatable bonds is 2. The normalized spacial score (nSPS) is 22.8. The lowest BCUT2D eigenvalue weighted by atomic mass is 9.62. The second-order valence-electron chi connectivity index (χ2n) is 8.92. The predicted molar refractivity (Wildman–Crippen MR) is 111 cm³/mol. The summed E-state index contributed by atoms with van der Waals surface area (Å²) in [7, 11) is 0. The van der Waals surface area contributed by atoms with E-state index < -0.39 is 47.0 Å². The van der Waals surface area contributed by atoms with Gasteiger partial charge in [-0.25, -0.2) is 0 Å². The Morgan fingerprint density at radius 3 is 2.30 bits per heavy atom. The van der Waals surface area contributed by atoms with Gasteiger partial charge in [-0.05, 0) is 47.2 Å². The van der Waals surface area contributed by atoms with Crippen LogP contribution >= 0.6 is 0 Å². The highest BCUT2D eigenvalue weighted by Crippen LogP contribution is 2.56. The number of pyridine rings is 1. The Morgan fingerprint density at radius 1 is 1.00 bits per heavy atom. The second kappa shape index (κ2) is 7.24. The Bertz CT molecular complexity index is 1280. The molecule has 176 valence electrons. The van der Waals surface area contributed by atoms with Crippen molar-refractivity contribution in [1.82, 2.24) is 4.98 Å². The molecule has 0 aliphatic heterocycles. The van der Waals surface area contributed by atoms with Crippen LogP contribution in [0.1, 0.15) is 43.0 Å². The van der Waals surface area contributed by atoms with E-state index in [-0.39, 0.29) is 16.8 Å². The van der Waals surface area contributed by atoms with Crippen LogP contribution in [0.15, 0.2) is 53.3 Å². The third-order valence-corrected chi connectivity index (χ3v) is 6.13. The molecule has 1 heterocycles. The van der Waals surface area contributed by atoms with Crippen molar-refractivity contribution in [3.63, 3.8) is 0 Å². The van der Waals surface area contributed by atoms with E-state index in [2.05, 4.69) is 10.3 Å². The number of hydrogen-bond acceptors (Lipinski definition) is 3. The zero-order chi connectivity index (χ0) is 24.4. The van der Waals surface area contributed by atoms with Crippen LogP contribution in [0.4, 0.5) is 32.0 Å². The van der Waals surface area contributed by atoms with Gasteiger partial charge in [0.15, 0.2) is 5.60 Å². The number of halogens is 6. The number of alkyl halides is 6. The van der Waals surface area contributed by atoms with Crippen LogP contribution in [0.25, 0.3) is 10.9 Å². The van der Waals surface area contributed by atoms with Gasteiger partial charge in [-0.1, -0.05) is 32.0 Å². The molecule has 1 aromatic heterocycles. The van der Waals surface area contributed by atoms with Gasteiger partial charge in [-0.3, -0.25) is 4.79 Å². The molecule has 0 fully saturated rings. The Balaban J connectivity index is 1.98. The van der Waals surface area contributed by atoms with Gasteiger partial charge < -0.3 is 15.4 Å². The molecule has 0 saturated heterocycles. The molecular weight excluding hydrogens is 450 g/mol. The third kappa shape index (κ3) is 3.76. The van der Waals surface area contributed by atoms with E-state index in [9.17, 15) is 36.2 Å². The number of benzene rings is 2. The largest absolute Gasteiger partial charge is 0.419 e. The van der Waals surface area contributed by atoms with E-state index in [4.69, 9.17) is 0 Å². The average Bonchev–Trinajstić information content (AvgIpc) is 2.68. The molecule has 10 heteroatoms. The summed E-state index contributed by atoms with van der Waals surface area (Å²) < 4.78 is 84.2. The second-order valence-corrected chi connectivity index (χ2v) is 8.92. The number of nitrogens with one attached hydrogen (secondary N) is 2. The van der Waals surface area contributed by atoms with E-state index in [0.717, 1.165) is 12.1 Å². The zero-order valence-corrected chi connectivity index (χ0v) is 17.5. The van der Waals surface area contributed by atoms with Crippen LogP contribution in [-0.2, 0) is 11.6 Å². The minimum atomic E-state index is -5.15. The summed E-state index contributed by atoms with van der Waals surface area (Å²) in [6.45, 7) is 2.52. The van der Waals surface area contributed by atoms with E-state index in [1.807, 2.05) is 0 Å². The first kappa shape index (κ1) is 23.2. The third-order valence-electron chi connectivity index (χ3n) is 6.13. The smallest absolute Gasteiger partial charge is 0.379 e. The van der Waals surface area contributed by atoms with Crippen molar-refractivity contribution in [2.75, 3.05) is 5.32 Å². The highest BCUT2D eigenvalue weighted by molar-refractivity contribution is 5.91. The minimum absolute atomic E-state index is 0.125. The van der Waals surface area contributed by atoms with Gasteiger partial charge in [0.25, 0.3) is 0 Å². The molecule has 3 aromatic rings. The molecule has 33 heavy (non-hydrogen) atoms. The molecule has 2 atom stereocenters. The number of H-pyrrole nitrogens is 1. The van der Waals surface area contributed by atoms with E-state index in [1.165, 1.54) is 50.2 Å². The topological polar surface area (TPSA) is 65.1 Å². The number of fused-ring (bicyclic) bond motifs is 2. The van der Waals surface area contributed by atoms with Crippen LogP contribution in [-0.4, -0.2) is 21.9 Å². The molecule has 0 amide bonds. The Morgan fingerprint density at radius 2 is 1.67 bits per heavy atom. The van der Waals surface area contributed by atoms with Crippen LogP contribution in [0.3, 0.4) is 0 Å². The first-order valence-corrected chi connectivity index (χ1v) is 10.0. The molecule has 3 N–H and O–H groups in total. The van der Waals surface area contributed by atoms with Crippen LogP contribution in [0.5, 0.6) is 0 Å². The number of aromatic nitrogens is 1. The standard InChI is InChI=1S/C23H20F6N2O2/c1-20(2)11-21(33,23(27,28)29)19(13-5-3-6-14(18(13)20)22(24,25)26)31-16-8-4-7-15-12(16)9-10-17(32)30-15/h3-10,19,31,33H,11H2,1-2H3,(H,30,32). The first-order chi connectivity index (χ1) is 15.1. The number of aromatic amines is 1. The van der Waals surface area contributed by atoms with Gasteiger partial charge in [0.2, 0.25) is 5.56 Å². The molecule has 4 rings (SSSR count). The minimum Gasteiger partial charge on any atom is -0.379 e. The molecule has 2 aromatic carbocycles. The van der Waals surface area contributed by atoms with Gasteiger partial charge >= 0.3 is 12.4 Å². The molecule has 4 nitrogen and oxygen atoms in total. The lowest BCUT2D eigenvalue weighted by molar-refractivity contribution is -0.276. The van der Waals surface area contributed by atoms with Gasteiger partial charge in [0.1, 0.15) is 0 Å². The first-order valence-electron chi connectivity index (χ1n) is 10.0. The molecule has 0 spiro atoms. The van der Waals surface area contributed by atoms with E-state index in [1.54, 1.807) is 0 Å². The average molecular weight is 470 g/mol. The summed E-state index contributed by atoms with van der Waals surface area (Å²) in [5.74, 6) is 0. The van der Waals surface area contributed by atoms with Crippen molar-refractivity contribution >= 4 is 16.6 Å². The maximum atomic E-state index is 14.3. The van der Waals surface area contributed by atoms with Gasteiger partial charge in [0, 0.05) is 17.1 Å². The summed E-state index contributed by atoms with van der Waals surface area (Å²) in [4.78, 5) is 14.2. The van der Waals surface area contributed by atoms with Gasteiger partial charge in [-0.2, -0.15) is 26.3 Å². The summed E-state index contributed by atoms with van der Waals surface area (Å²) in [6, 6.07) is 8.14. The number of hydrogen-bond donors (Lipinski definition) is 3. The van der Waals surface area contributed by atoms with Crippen molar-refractivity contribution in [3.05, 3.63) is 75.6 Å². The molecule has 2 unspecified atom stereocenters. The molecule has 0 bridgehead atoms. The van der Waals surface area contributed by atoms with Crippen LogP contribution < -0.4 is 10.9 Å². The lowest BCUT2D eigenvalue weighted by Gasteiger charge is -2.49. The van der Waals surface area contributed by atoms with Crippen molar-refractivity contribution in [2.45, 2.75) is 49.7 Å². The number of anilines is 1. The predicted octanol–water partition coefficient (Wildman–Crippen LogP) is 5.67. The summed E-state index contributed by atoms with van der Waals surface area (Å²) in [6.07, 6.45) is -10.9. The van der Waals surface area contributed by atoms with E-state index in [0.29, 0.717) is 10.9 Å². The molecule has 0 radical (unpaired) electrons. The monoisotopic (exact) mass is 470 g/mol. The number of aliphatic hydroxyl groups is 1. The summed E-state index contributed by atoms with van der Waals surface area (Å²) in [5.41, 5.74) is -6.59. The van der Waals surface area contributed by atoms with Crippen LogP contribution in [0.2, 0.25) is 0 Å². The lowest BCUT2D eigenvalue weighted by Crippen LogP contribution is -2.58. The Hall–Kier alpha value is -3.01. The fourth-order valence-electron chi connectivity index (χ4n) is 4.85. The van der Waals surface area contributed by atoms with Crippen molar-refractivity contribution < 1.29 is 31.4 Å². The zero-order valence-electron chi connectivity index (χ0n) is 17.5. The molecule has 1 aliphatic carbocycles. The SMILES string of the molecule is CC1(C)CC(O)(C(F)(F)F)C(Nc2cccc3[nH]c(=O)ccc23)c2cccc(C(F)(F)F)c21. The Labute approximate surface area is 184 Å². The van der Waals surface area contributed by atoms with Crippen LogP contribution in [0, 0.1) is 0 Å². The maximum absolute atomic E-state index is 14.3.